The molecule has 0 radical (unpaired) electrons. The molecule has 11 heavy (non-hydrogen) atoms. The van der Waals surface area contributed by atoms with Crippen LogP contribution in [0.4, 0.5) is 0 Å². The van der Waals surface area contributed by atoms with Gasteiger partial charge in [0.15, 0.2) is 0 Å². The fourth-order valence-corrected chi connectivity index (χ4v) is 3.36. The molecule has 64 valence electrons. The number of fused-ring (bicyclic) bond motifs is 1. The van der Waals surface area contributed by atoms with Crippen LogP contribution in [0.2, 0.25) is 0 Å². The van der Waals surface area contributed by atoms with E-state index in [0.29, 0.717) is 0 Å². The van der Waals surface area contributed by atoms with Crippen molar-refractivity contribution in [1.82, 2.24) is 0 Å². The Kier molecular flexibility index (Phi) is 2.20. The number of hydrogen-bond donors (Lipinski definition) is 0. The molecule has 0 aromatic heterocycles. The van der Waals surface area contributed by atoms with E-state index in [2.05, 4.69) is 6.92 Å². The number of rotatable bonds is 1. The van der Waals surface area contributed by atoms with Gasteiger partial charge in [-0.05, 0) is 37.0 Å². The quantitative estimate of drug-likeness (QED) is 0.538. The standard InChI is InChI=1S/C11H20/c1-2-9-7-8-10-5-3-4-6-11(9)10/h9-11H,2-8H2,1H3/t9-,10-,11-/m1/s1. The zero-order valence-electron chi connectivity index (χ0n) is 7.68. The predicted octanol–water partition coefficient (Wildman–Crippen LogP) is 3.61. The molecule has 0 heterocycles. The van der Waals surface area contributed by atoms with Crippen molar-refractivity contribution in [1.29, 1.82) is 0 Å². The zero-order chi connectivity index (χ0) is 7.68. The van der Waals surface area contributed by atoms with Crippen LogP contribution in [0.15, 0.2) is 0 Å². The lowest BCUT2D eigenvalue weighted by Crippen LogP contribution is -2.18. The summed E-state index contributed by atoms with van der Waals surface area (Å²) in [5, 5.41) is 0. The lowest BCUT2D eigenvalue weighted by Gasteiger charge is -2.28. The lowest BCUT2D eigenvalue weighted by atomic mass is 9.77. The van der Waals surface area contributed by atoms with Crippen molar-refractivity contribution in [3.05, 3.63) is 0 Å². The van der Waals surface area contributed by atoms with Gasteiger partial charge >= 0.3 is 0 Å². The first-order chi connectivity index (χ1) is 5.42. The third-order valence-corrected chi connectivity index (χ3v) is 4.01. The zero-order valence-corrected chi connectivity index (χ0v) is 7.68. The maximum atomic E-state index is 2.38. The average molecular weight is 152 g/mol. The summed E-state index contributed by atoms with van der Waals surface area (Å²) in [4.78, 5) is 0. The Morgan fingerprint density at radius 1 is 1.00 bits per heavy atom. The van der Waals surface area contributed by atoms with E-state index in [-0.39, 0.29) is 0 Å². The van der Waals surface area contributed by atoms with Gasteiger partial charge in [-0.1, -0.05) is 32.6 Å². The first kappa shape index (κ1) is 7.64. The molecule has 2 rings (SSSR count). The second-order valence-corrected chi connectivity index (χ2v) is 4.45. The minimum Gasteiger partial charge on any atom is -0.0651 e. The Bertz CT molecular complexity index is 122. The molecule has 0 heteroatoms. The normalized spacial score (nSPS) is 43.9. The highest BCUT2D eigenvalue weighted by Gasteiger charge is 2.35. The molecule has 2 aliphatic carbocycles. The summed E-state index contributed by atoms with van der Waals surface area (Å²) in [6, 6.07) is 0. The number of hydrogen-bond acceptors (Lipinski definition) is 0. The highest BCUT2D eigenvalue weighted by Crippen LogP contribution is 2.46. The molecule has 2 saturated carbocycles. The van der Waals surface area contributed by atoms with Gasteiger partial charge in [-0.2, -0.15) is 0 Å². The van der Waals surface area contributed by atoms with Crippen molar-refractivity contribution in [3.63, 3.8) is 0 Å². The average Bonchev–Trinajstić information content (AvgIpc) is 2.47. The Labute approximate surface area is 70.4 Å². The van der Waals surface area contributed by atoms with Gasteiger partial charge in [0.05, 0.1) is 0 Å². The third kappa shape index (κ3) is 1.32. The van der Waals surface area contributed by atoms with Crippen LogP contribution in [0.5, 0.6) is 0 Å². The molecule has 0 amide bonds. The molecule has 2 fully saturated rings. The van der Waals surface area contributed by atoms with Gasteiger partial charge in [0.25, 0.3) is 0 Å². The van der Waals surface area contributed by atoms with Crippen LogP contribution in [-0.4, -0.2) is 0 Å². The SMILES string of the molecule is CC[C@@H]1CC[C@H]2CCCC[C@@H]21. The molecule has 0 nitrogen and oxygen atoms in total. The monoisotopic (exact) mass is 152 g/mol. The summed E-state index contributed by atoms with van der Waals surface area (Å²) >= 11 is 0. The largest absolute Gasteiger partial charge is 0.0651 e. The highest BCUT2D eigenvalue weighted by atomic mass is 14.4. The first-order valence-electron chi connectivity index (χ1n) is 5.42. The molecule has 0 aromatic carbocycles. The Morgan fingerprint density at radius 2 is 1.82 bits per heavy atom. The van der Waals surface area contributed by atoms with Gasteiger partial charge in [-0.15, -0.1) is 0 Å². The minimum absolute atomic E-state index is 1.11. The van der Waals surface area contributed by atoms with E-state index in [1.54, 1.807) is 25.7 Å². The van der Waals surface area contributed by atoms with Crippen LogP contribution in [0.1, 0.15) is 51.9 Å². The summed E-state index contributed by atoms with van der Waals surface area (Å²) in [6.45, 7) is 2.38. The van der Waals surface area contributed by atoms with Gasteiger partial charge in [-0.3, -0.25) is 0 Å². The van der Waals surface area contributed by atoms with Crippen molar-refractivity contribution < 1.29 is 0 Å². The Balaban J connectivity index is 1.98. The summed E-state index contributed by atoms with van der Waals surface area (Å²) < 4.78 is 0. The highest BCUT2D eigenvalue weighted by molar-refractivity contribution is 4.86. The molecule has 0 unspecified atom stereocenters. The van der Waals surface area contributed by atoms with E-state index in [1.165, 1.54) is 19.3 Å². The molecule has 0 saturated heterocycles. The van der Waals surface area contributed by atoms with E-state index in [9.17, 15) is 0 Å². The molecular formula is C11H20. The van der Waals surface area contributed by atoms with Crippen LogP contribution in [0, 0.1) is 17.8 Å². The second-order valence-electron chi connectivity index (χ2n) is 4.45. The van der Waals surface area contributed by atoms with E-state index >= 15 is 0 Å². The molecule has 0 aliphatic heterocycles. The summed E-state index contributed by atoms with van der Waals surface area (Å²) in [7, 11) is 0. The van der Waals surface area contributed by atoms with E-state index in [4.69, 9.17) is 0 Å². The van der Waals surface area contributed by atoms with Gasteiger partial charge in [-0.25, -0.2) is 0 Å². The van der Waals surface area contributed by atoms with E-state index < -0.39 is 0 Å². The van der Waals surface area contributed by atoms with Gasteiger partial charge < -0.3 is 0 Å². The van der Waals surface area contributed by atoms with Crippen LogP contribution in [0.3, 0.4) is 0 Å². The van der Waals surface area contributed by atoms with Gasteiger partial charge in [0.2, 0.25) is 0 Å². The Morgan fingerprint density at radius 3 is 2.64 bits per heavy atom. The lowest BCUT2D eigenvalue weighted by molar-refractivity contribution is 0.224. The summed E-state index contributed by atoms with van der Waals surface area (Å²) in [5.41, 5.74) is 0. The molecule has 2 aliphatic rings. The molecule has 0 N–H and O–H groups in total. The van der Waals surface area contributed by atoms with Crippen LogP contribution < -0.4 is 0 Å². The van der Waals surface area contributed by atoms with Gasteiger partial charge in [0, 0.05) is 0 Å². The minimum atomic E-state index is 1.11. The molecular weight excluding hydrogens is 132 g/mol. The fourth-order valence-electron chi connectivity index (χ4n) is 3.36. The maximum absolute atomic E-state index is 2.38. The maximum Gasteiger partial charge on any atom is -0.0358 e. The molecule has 0 bridgehead atoms. The molecule has 3 atom stereocenters. The van der Waals surface area contributed by atoms with E-state index in [0.717, 1.165) is 17.8 Å². The topological polar surface area (TPSA) is 0 Å². The van der Waals surface area contributed by atoms with Crippen molar-refractivity contribution in [3.8, 4) is 0 Å². The second kappa shape index (κ2) is 3.16. The van der Waals surface area contributed by atoms with Crippen LogP contribution >= 0.6 is 0 Å². The summed E-state index contributed by atoms with van der Waals surface area (Å²) in [5.74, 6) is 3.41. The summed E-state index contributed by atoms with van der Waals surface area (Å²) in [6.07, 6.45) is 10.7. The third-order valence-electron chi connectivity index (χ3n) is 4.01. The fraction of sp³-hybridized carbons (Fsp3) is 1.00. The van der Waals surface area contributed by atoms with Crippen LogP contribution in [-0.2, 0) is 0 Å². The van der Waals surface area contributed by atoms with Gasteiger partial charge in [0.1, 0.15) is 0 Å². The van der Waals surface area contributed by atoms with E-state index in [1.807, 2.05) is 0 Å². The molecule has 0 spiro atoms. The van der Waals surface area contributed by atoms with Crippen LogP contribution in [0.25, 0.3) is 0 Å². The Hall–Kier alpha value is 0. The van der Waals surface area contributed by atoms with Crippen molar-refractivity contribution in [2.24, 2.45) is 17.8 Å². The first-order valence-corrected chi connectivity index (χ1v) is 5.42. The smallest absolute Gasteiger partial charge is 0.0358 e. The van der Waals surface area contributed by atoms with Crippen molar-refractivity contribution in [2.45, 2.75) is 51.9 Å². The predicted molar refractivity (Wildman–Crippen MR) is 48.5 cm³/mol. The van der Waals surface area contributed by atoms with Crippen molar-refractivity contribution in [2.75, 3.05) is 0 Å². The molecule has 0 aromatic rings. The van der Waals surface area contributed by atoms with Crippen molar-refractivity contribution >= 4 is 0 Å².